The number of thioether (sulfide) groups is 1. The van der Waals surface area contributed by atoms with Gasteiger partial charge in [0.2, 0.25) is 0 Å². The number of benzene rings is 1. The van der Waals surface area contributed by atoms with Crippen molar-refractivity contribution in [3.05, 3.63) is 41.3 Å². The maximum atomic E-state index is 11.0. The van der Waals surface area contributed by atoms with Crippen LogP contribution in [0, 0.1) is 11.3 Å². The van der Waals surface area contributed by atoms with Crippen LogP contribution in [0.25, 0.3) is 0 Å². The fourth-order valence-electron chi connectivity index (χ4n) is 0.856. The van der Waals surface area contributed by atoms with Crippen molar-refractivity contribution < 1.29 is 9.53 Å². The second-order valence-corrected chi connectivity index (χ2v) is 3.51. The third kappa shape index (κ3) is 3.49. The summed E-state index contributed by atoms with van der Waals surface area (Å²) < 4.78 is 4.45. The molecule has 0 bridgehead atoms. The van der Waals surface area contributed by atoms with Crippen LogP contribution in [0.3, 0.4) is 0 Å². The number of ether oxygens (including phenoxy) is 1. The maximum Gasteiger partial charge on any atom is 0.349 e. The van der Waals surface area contributed by atoms with Crippen molar-refractivity contribution in [2.75, 3.05) is 7.11 Å². The maximum absolute atomic E-state index is 11.0. The average Bonchev–Trinajstić information content (AvgIpc) is 2.31. The molecule has 0 unspecified atom stereocenters. The van der Waals surface area contributed by atoms with E-state index in [4.69, 9.17) is 5.26 Å². The molecular formula is C11H9NO2S. The van der Waals surface area contributed by atoms with Gasteiger partial charge in [0.15, 0.2) is 0 Å². The van der Waals surface area contributed by atoms with Gasteiger partial charge < -0.3 is 4.74 Å². The molecule has 0 aromatic heterocycles. The number of carbonyl (C=O) groups is 1. The van der Waals surface area contributed by atoms with Crippen LogP contribution >= 0.6 is 11.8 Å². The summed E-state index contributed by atoms with van der Waals surface area (Å²) in [5, 5.41) is 10.2. The summed E-state index contributed by atoms with van der Waals surface area (Å²) in [5.74, 6) is -0.610. The number of methoxy groups -OCH3 is 1. The molecule has 3 nitrogen and oxygen atoms in total. The number of rotatable bonds is 3. The zero-order valence-corrected chi connectivity index (χ0v) is 8.95. The van der Waals surface area contributed by atoms with E-state index in [1.165, 1.54) is 24.3 Å². The van der Waals surface area contributed by atoms with Gasteiger partial charge in [-0.3, -0.25) is 0 Å². The molecule has 0 saturated carbocycles. The van der Waals surface area contributed by atoms with E-state index in [0.29, 0.717) is 0 Å². The van der Waals surface area contributed by atoms with E-state index in [1.807, 2.05) is 30.3 Å². The molecule has 0 radical (unpaired) electrons. The molecule has 1 aromatic rings. The van der Waals surface area contributed by atoms with Gasteiger partial charge in [0.25, 0.3) is 0 Å². The number of hydrogen-bond acceptors (Lipinski definition) is 4. The molecule has 0 saturated heterocycles. The molecule has 0 aliphatic rings. The molecule has 0 aliphatic carbocycles. The van der Waals surface area contributed by atoms with Crippen LogP contribution in [-0.2, 0) is 9.53 Å². The molecule has 0 spiro atoms. The van der Waals surface area contributed by atoms with Crippen molar-refractivity contribution in [2.45, 2.75) is 4.90 Å². The number of hydrogen-bond donors (Lipinski definition) is 0. The Bertz CT molecular complexity index is 406. The van der Waals surface area contributed by atoms with Gasteiger partial charge in [-0.2, -0.15) is 5.26 Å². The Labute approximate surface area is 92.4 Å². The standard InChI is InChI=1S/C11H9NO2S/c1-14-11(13)9(7-12)8-15-10-5-3-2-4-6-10/h2-6,8H,1H3/b9-8-. The lowest BCUT2D eigenvalue weighted by Crippen LogP contribution is -2.01. The first-order chi connectivity index (χ1) is 7.27. The lowest BCUT2D eigenvalue weighted by Gasteiger charge is -1.96. The van der Waals surface area contributed by atoms with Gasteiger partial charge in [0.1, 0.15) is 11.6 Å². The van der Waals surface area contributed by atoms with Crippen molar-refractivity contribution in [2.24, 2.45) is 0 Å². The second kappa shape index (κ2) is 5.89. The molecule has 0 aliphatic heterocycles. The third-order valence-corrected chi connectivity index (χ3v) is 2.48. The van der Waals surface area contributed by atoms with Crippen molar-refractivity contribution in [3.63, 3.8) is 0 Å². The van der Waals surface area contributed by atoms with E-state index in [2.05, 4.69) is 4.74 Å². The van der Waals surface area contributed by atoms with Crippen LogP contribution in [0.15, 0.2) is 46.2 Å². The van der Waals surface area contributed by atoms with Gasteiger partial charge in [-0.05, 0) is 12.1 Å². The Hall–Kier alpha value is -1.73. The average molecular weight is 219 g/mol. The first kappa shape index (κ1) is 11.3. The van der Waals surface area contributed by atoms with Crippen LogP contribution in [-0.4, -0.2) is 13.1 Å². The van der Waals surface area contributed by atoms with Crippen molar-refractivity contribution >= 4 is 17.7 Å². The quantitative estimate of drug-likeness (QED) is 0.339. The number of nitriles is 1. The number of nitrogens with zero attached hydrogens (tertiary/aromatic N) is 1. The first-order valence-electron chi connectivity index (χ1n) is 4.18. The molecule has 0 atom stereocenters. The van der Waals surface area contributed by atoms with Crippen LogP contribution in [0.5, 0.6) is 0 Å². The lowest BCUT2D eigenvalue weighted by atomic mass is 10.3. The van der Waals surface area contributed by atoms with Crippen LogP contribution in [0.1, 0.15) is 0 Å². The zero-order chi connectivity index (χ0) is 11.1. The minimum atomic E-state index is -0.610. The molecule has 0 amide bonds. The monoisotopic (exact) mass is 219 g/mol. The summed E-state index contributed by atoms with van der Waals surface area (Å²) in [4.78, 5) is 12.0. The van der Waals surface area contributed by atoms with Crippen molar-refractivity contribution in [1.82, 2.24) is 0 Å². The SMILES string of the molecule is COC(=O)/C(C#N)=C\Sc1ccccc1. The van der Waals surface area contributed by atoms with Gasteiger partial charge in [-0.15, -0.1) is 0 Å². The first-order valence-corrected chi connectivity index (χ1v) is 5.06. The summed E-state index contributed by atoms with van der Waals surface area (Å²) in [5.41, 5.74) is 0.00588. The normalized spacial score (nSPS) is 10.5. The summed E-state index contributed by atoms with van der Waals surface area (Å²) in [6, 6.07) is 11.3. The minimum absolute atomic E-state index is 0.00588. The summed E-state index contributed by atoms with van der Waals surface area (Å²) in [6.07, 6.45) is 0. The van der Waals surface area contributed by atoms with Crippen molar-refractivity contribution in [1.29, 1.82) is 5.26 Å². The molecule has 1 rings (SSSR count). The highest BCUT2D eigenvalue weighted by Gasteiger charge is 2.07. The predicted molar refractivity (Wildman–Crippen MR) is 58.0 cm³/mol. The largest absolute Gasteiger partial charge is 0.465 e. The van der Waals surface area contributed by atoms with Gasteiger partial charge in [0.05, 0.1) is 7.11 Å². The fraction of sp³-hybridized carbons (Fsp3) is 0.0909. The number of carbonyl (C=O) groups excluding carboxylic acids is 1. The molecule has 1 aromatic carbocycles. The van der Waals surface area contributed by atoms with E-state index < -0.39 is 5.97 Å². The molecule has 15 heavy (non-hydrogen) atoms. The van der Waals surface area contributed by atoms with E-state index >= 15 is 0 Å². The van der Waals surface area contributed by atoms with Crippen molar-refractivity contribution in [3.8, 4) is 6.07 Å². The highest BCUT2D eigenvalue weighted by Crippen LogP contribution is 2.20. The summed E-state index contributed by atoms with van der Waals surface area (Å²) in [6.45, 7) is 0. The lowest BCUT2D eigenvalue weighted by molar-refractivity contribution is -0.135. The molecule has 0 N–H and O–H groups in total. The Morgan fingerprint density at radius 3 is 2.67 bits per heavy atom. The van der Waals surface area contributed by atoms with E-state index in [0.717, 1.165) is 4.90 Å². The van der Waals surface area contributed by atoms with Gasteiger partial charge in [-0.25, -0.2) is 4.79 Å². The zero-order valence-electron chi connectivity index (χ0n) is 8.14. The molecule has 0 fully saturated rings. The van der Waals surface area contributed by atoms with Gasteiger partial charge >= 0.3 is 5.97 Å². The topological polar surface area (TPSA) is 50.1 Å². The van der Waals surface area contributed by atoms with Crippen LogP contribution in [0.4, 0.5) is 0 Å². The highest BCUT2D eigenvalue weighted by atomic mass is 32.2. The Balaban J connectivity index is 2.72. The van der Waals surface area contributed by atoms with E-state index in [-0.39, 0.29) is 5.57 Å². The van der Waals surface area contributed by atoms with Crippen LogP contribution < -0.4 is 0 Å². The Kier molecular flexibility index (Phi) is 4.45. The van der Waals surface area contributed by atoms with E-state index in [9.17, 15) is 4.79 Å². The number of esters is 1. The highest BCUT2D eigenvalue weighted by molar-refractivity contribution is 8.02. The van der Waals surface area contributed by atoms with E-state index in [1.54, 1.807) is 6.07 Å². The summed E-state index contributed by atoms with van der Waals surface area (Å²) >= 11 is 1.31. The second-order valence-electron chi connectivity index (χ2n) is 2.57. The minimum Gasteiger partial charge on any atom is -0.465 e. The Morgan fingerprint density at radius 2 is 2.13 bits per heavy atom. The smallest absolute Gasteiger partial charge is 0.349 e. The summed E-state index contributed by atoms with van der Waals surface area (Å²) in [7, 11) is 1.25. The van der Waals surface area contributed by atoms with Gasteiger partial charge in [0, 0.05) is 10.3 Å². The molecule has 76 valence electrons. The molecule has 0 heterocycles. The molecule has 4 heteroatoms. The van der Waals surface area contributed by atoms with Crippen LogP contribution in [0.2, 0.25) is 0 Å². The molecular weight excluding hydrogens is 210 g/mol. The third-order valence-electron chi connectivity index (χ3n) is 1.58. The Morgan fingerprint density at radius 1 is 1.47 bits per heavy atom. The predicted octanol–water partition coefficient (Wildman–Crippen LogP) is 2.36. The van der Waals surface area contributed by atoms with Gasteiger partial charge in [-0.1, -0.05) is 30.0 Å². The fourth-order valence-corrected chi connectivity index (χ4v) is 1.57.